The van der Waals surface area contributed by atoms with E-state index in [-0.39, 0.29) is 5.91 Å². The smallest absolute Gasteiger partial charge is 0.266 e. The minimum Gasteiger partial charge on any atom is -0.397 e. The second kappa shape index (κ2) is 4.98. The molecule has 0 radical (unpaired) electrons. The maximum atomic E-state index is 12.3. The molecule has 0 unspecified atom stereocenters. The topological polar surface area (TPSA) is 46.3 Å². The molecule has 0 fully saturated rings. The molecule has 4 heteroatoms. The fourth-order valence-corrected chi connectivity index (χ4v) is 3.11. The summed E-state index contributed by atoms with van der Waals surface area (Å²) in [5.74, 6) is 0.0383. The number of carbonyl (C=O) groups excluding carboxylic acids is 1. The van der Waals surface area contributed by atoms with Gasteiger partial charge in [0.15, 0.2) is 0 Å². The van der Waals surface area contributed by atoms with E-state index in [0.29, 0.717) is 23.7 Å². The quantitative estimate of drug-likeness (QED) is 0.922. The van der Waals surface area contributed by atoms with Crippen molar-refractivity contribution >= 4 is 33.0 Å². The molecular formula is C14H18N2OS. The van der Waals surface area contributed by atoms with Crippen molar-refractivity contribution in [2.24, 2.45) is 0 Å². The first-order valence-electron chi connectivity index (χ1n) is 6.16. The van der Waals surface area contributed by atoms with Gasteiger partial charge in [-0.25, -0.2) is 0 Å². The molecule has 1 amide bonds. The minimum atomic E-state index is 0.0383. The van der Waals surface area contributed by atoms with E-state index in [1.54, 1.807) is 4.90 Å². The highest BCUT2D eigenvalue weighted by molar-refractivity contribution is 7.21. The molecule has 2 rings (SSSR count). The van der Waals surface area contributed by atoms with Gasteiger partial charge in [-0.15, -0.1) is 11.3 Å². The zero-order valence-electron chi connectivity index (χ0n) is 11.0. The van der Waals surface area contributed by atoms with Crippen molar-refractivity contribution in [3.8, 4) is 0 Å². The van der Waals surface area contributed by atoms with Crippen molar-refractivity contribution in [2.75, 3.05) is 18.8 Å². The number of nitrogen functional groups attached to an aromatic ring is 1. The fraction of sp³-hybridized carbons (Fsp3) is 0.357. The van der Waals surface area contributed by atoms with Crippen molar-refractivity contribution < 1.29 is 4.79 Å². The summed E-state index contributed by atoms with van der Waals surface area (Å²) >= 11 is 1.48. The van der Waals surface area contributed by atoms with E-state index in [0.717, 1.165) is 15.6 Å². The first kappa shape index (κ1) is 12.9. The van der Waals surface area contributed by atoms with Crippen LogP contribution in [0.5, 0.6) is 0 Å². The van der Waals surface area contributed by atoms with Gasteiger partial charge in [0.05, 0.1) is 5.69 Å². The minimum absolute atomic E-state index is 0.0383. The van der Waals surface area contributed by atoms with Gasteiger partial charge in [-0.1, -0.05) is 11.6 Å². The number of fused-ring (bicyclic) bond motifs is 1. The molecule has 0 saturated carbocycles. The van der Waals surface area contributed by atoms with E-state index in [4.69, 9.17) is 5.73 Å². The van der Waals surface area contributed by atoms with Gasteiger partial charge in [0.2, 0.25) is 0 Å². The zero-order valence-corrected chi connectivity index (χ0v) is 11.8. The van der Waals surface area contributed by atoms with Crippen LogP contribution in [-0.4, -0.2) is 23.9 Å². The summed E-state index contributed by atoms with van der Waals surface area (Å²) in [6.45, 7) is 7.41. The van der Waals surface area contributed by atoms with Gasteiger partial charge in [0.1, 0.15) is 4.88 Å². The normalized spacial score (nSPS) is 10.8. The maximum absolute atomic E-state index is 12.3. The Balaban J connectivity index is 2.52. The van der Waals surface area contributed by atoms with Gasteiger partial charge in [-0.05, 0) is 32.9 Å². The monoisotopic (exact) mass is 262 g/mol. The van der Waals surface area contributed by atoms with E-state index in [1.807, 2.05) is 39.0 Å². The van der Waals surface area contributed by atoms with Crippen LogP contribution in [0.2, 0.25) is 0 Å². The Morgan fingerprint density at radius 3 is 2.61 bits per heavy atom. The molecule has 1 heterocycles. The van der Waals surface area contributed by atoms with Crippen molar-refractivity contribution in [3.63, 3.8) is 0 Å². The average Bonchev–Trinajstić information content (AvgIpc) is 2.68. The standard InChI is InChI=1S/C14H18N2OS/c1-4-16(5-2)14(17)13-12(15)10-8-9(3)6-7-11(10)18-13/h6-8H,4-5,15H2,1-3H3. The second-order valence-electron chi connectivity index (χ2n) is 4.32. The summed E-state index contributed by atoms with van der Waals surface area (Å²) < 4.78 is 1.08. The Morgan fingerprint density at radius 1 is 1.33 bits per heavy atom. The highest BCUT2D eigenvalue weighted by atomic mass is 32.1. The van der Waals surface area contributed by atoms with Crippen molar-refractivity contribution in [3.05, 3.63) is 28.6 Å². The molecular weight excluding hydrogens is 244 g/mol. The lowest BCUT2D eigenvalue weighted by Gasteiger charge is -2.17. The van der Waals surface area contributed by atoms with Gasteiger partial charge in [-0.2, -0.15) is 0 Å². The number of nitrogens with zero attached hydrogens (tertiary/aromatic N) is 1. The fourth-order valence-electron chi connectivity index (χ4n) is 2.04. The Labute approximate surface area is 111 Å². The van der Waals surface area contributed by atoms with Gasteiger partial charge in [-0.3, -0.25) is 4.79 Å². The highest BCUT2D eigenvalue weighted by Gasteiger charge is 2.20. The van der Waals surface area contributed by atoms with Crippen LogP contribution in [0.3, 0.4) is 0 Å². The largest absolute Gasteiger partial charge is 0.397 e. The van der Waals surface area contributed by atoms with Crippen molar-refractivity contribution in [1.29, 1.82) is 0 Å². The number of carbonyl (C=O) groups is 1. The molecule has 0 aliphatic rings. The third kappa shape index (κ3) is 2.08. The molecule has 3 nitrogen and oxygen atoms in total. The van der Waals surface area contributed by atoms with E-state index in [1.165, 1.54) is 11.3 Å². The van der Waals surface area contributed by atoms with Crippen LogP contribution in [-0.2, 0) is 0 Å². The van der Waals surface area contributed by atoms with Gasteiger partial charge in [0.25, 0.3) is 5.91 Å². The lowest BCUT2D eigenvalue weighted by atomic mass is 10.1. The van der Waals surface area contributed by atoms with Crippen molar-refractivity contribution in [2.45, 2.75) is 20.8 Å². The summed E-state index contributed by atoms with van der Waals surface area (Å²) in [5.41, 5.74) is 7.90. The third-order valence-corrected chi connectivity index (χ3v) is 4.30. The van der Waals surface area contributed by atoms with Crippen LogP contribution in [0.1, 0.15) is 29.1 Å². The van der Waals surface area contributed by atoms with Crippen LogP contribution < -0.4 is 5.73 Å². The number of hydrogen-bond donors (Lipinski definition) is 1. The number of nitrogens with two attached hydrogens (primary N) is 1. The number of benzene rings is 1. The zero-order chi connectivity index (χ0) is 13.3. The molecule has 0 aliphatic carbocycles. The predicted octanol–water partition coefficient (Wildman–Crippen LogP) is 3.27. The molecule has 0 atom stereocenters. The lowest BCUT2D eigenvalue weighted by molar-refractivity contribution is 0.0779. The Bertz CT molecular complexity index is 585. The summed E-state index contributed by atoms with van der Waals surface area (Å²) in [6, 6.07) is 6.12. The van der Waals surface area contributed by atoms with Crippen LogP contribution in [0.15, 0.2) is 18.2 Å². The lowest BCUT2D eigenvalue weighted by Crippen LogP contribution is -2.30. The number of aryl methyl sites for hydroxylation is 1. The third-order valence-electron chi connectivity index (χ3n) is 3.13. The highest BCUT2D eigenvalue weighted by Crippen LogP contribution is 2.34. The number of amides is 1. The number of hydrogen-bond acceptors (Lipinski definition) is 3. The number of rotatable bonds is 3. The molecule has 18 heavy (non-hydrogen) atoms. The summed E-state index contributed by atoms with van der Waals surface area (Å²) in [4.78, 5) is 14.8. The Kier molecular flexibility index (Phi) is 3.57. The molecule has 0 aliphatic heterocycles. The van der Waals surface area contributed by atoms with Gasteiger partial charge < -0.3 is 10.6 Å². The second-order valence-corrected chi connectivity index (χ2v) is 5.37. The van der Waals surface area contributed by atoms with Crippen LogP contribution in [0, 0.1) is 6.92 Å². The molecule has 0 bridgehead atoms. The van der Waals surface area contributed by atoms with Gasteiger partial charge in [0, 0.05) is 23.2 Å². The Hall–Kier alpha value is -1.55. The van der Waals surface area contributed by atoms with E-state index < -0.39 is 0 Å². The number of anilines is 1. The van der Waals surface area contributed by atoms with Crippen LogP contribution in [0.4, 0.5) is 5.69 Å². The SMILES string of the molecule is CCN(CC)C(=O)c1sc2ccc(C)cc2c1N. The van der Waals surface area contributed by atoms with E-state index >= 15 is 0 Å². The Morgan fingerprint density at radius 2 is 2.00 bits per heavy atom. The first-order valence-corrected chi connectivity index (χ1v) is 6.98. The van der Waals surface area contributed by atoms with E-state index in [9.17, 15) is 4.79 Å². The summed E-state index contributed by atoms with van der Waals surface area (Å²) in [6.07, 6.45) is 0. The van der Waals surface area contributed by atoms with Crippen LogP contribution >= 0.6 is 11.3 Å². The molecule has 96 valence electrons. The molecule has 2 N–H and O–H groups in total. The van der Waals surface area contributed by atoms with Gasteiger partial charge >= 0.3 is 0 Å². The predicted molar refractivity (Wildman–Crippen MR) is 78.2 cm³/mol. The number of thiophene rings is 1. The van der Waals surface area contributed by atoms with Crippen LogP contribution in [0.25, 0.3) is 10.1 Å². The molecule has 2 aromatic rings. The molecule has 1 aromatic heterocycles. The van der Waals surface area contributed by atoms with E-state index in [2.05, 4.69) is 0 Å². The first-order chi connectivity index (χ1) is 8.58. The molecule has 0 spiro atoms. The summed E-state index contributed by atoms with van der Waals surface area (Å²) in [7, 11) is 0. The molecule has 1 aromatic carbocycles. The summed E-state index contributed by atoms with van der Waals surface area (Å²) in [5, 5.41) is 0.996. The average molecular weight is 262 g/mol. The maximum Gasteiger partial charge on any atom is 0.266 e. The van der Waals surface area contributed by atoms with Crippen molar-refractivity contribution in [1.82, 2.24) is 4.90 Å². The molecule has 0 saturated heterocycles.